The average molecular weight is 442 g/mol. The molecule has 6 nitrogen and oxygen atoms in total. The summed E-state index contributed by atoms with van der Waals surface area (Å²) in [4.78, 5) is 20.7. The number of unbranched alkanes of at least 4 members (excludes halogenated alkanes) is 1. The van der Waals surface area contributed by atoms with Gasteiger partial charge in [-0.2, -0.15) is 0 Å². The zero-order valence-electron chi connectivity index (χ0n) is 17.8. The smallest absolute Gasteiger partial charge is 0.310 e. The number of aryl methyl sites for hydroxylation is 1. The summed E-state index contributed by atoms with van der Waals surface area (Å²) < 4.78 is 1.92. The molecule has 1 aromatic carbocycles. The van der Waals surface area contributed by atoms with E-state index in [1.807, 2.05) is 28.8 Å². The van der Waals surface area contributed by atoms with Crippen molar-refractivity contribution in [2.45, 2.75) is 51.7 Å². The van der Waals surface area contributed by atoms with Crippen LogP contribution in [0.2, 0.25) is 5.02 Å². The quantitative estimate of drug-likeness (QED) is 0.484. The van der Waals surface area contributed by atoms with Gasteiger partial charge >= 0.3 is 5.97 Å². The van der Waals surface area contributed by atoms with E-state index < -0.39 is 17.5 Å². The first-order valence-electron chi connectivity index (χ1n) is 10.5. The Morgan fingerprint density at radius 1 is 1.23 bits per heavy atom. The molecule has 2 heterocycles. The van der Waals surface area contributed by atoms with Gasteiger partial charge < -0.3 is 14.8 Å². The summed E-state index contributed by atoms with van der Waals surface area (Å²) in [5.41, 5.74) is 0.511. The largest absolute Gasteiger partial charge is 0.481 e. The lowest BCUT2D eigenvalue weighted by atomic mass is 9.82. The van der Waals surface area contributed by atoms with Crippen LogP contribution in [-0.4, -0.2) is 30.7 Å². The zero-order valence-corrected chi connectivity index (χ0v) is 18.6. The maximum Gasteiger partial charge on any atom is 0.310 e. The van der Waals surface area contributed by atoms with Crippen molar-refractivity contribution in [2.75, 3.05) is 0 Å². The normalized spacial score (nSPS) is 14.2. The highest BCUT2D eigenvalue weighted by Crippen LogP contribution is 2.34. The second-order valence-electron chi connectivity index (χ2n) is 7.94. The van der Waals surface area contributed by atoms with Crippen LogP contribution in [0, 0.1) is 5.92 Å². The minimum atomic E-state index is -1.65. The predicted molar refractivity (Wildman–Crippen MR) is 120 cm³/mol. The molecule has 0 saturated carbocycles. The van der Waals surface area contributed by atoms with Crippen LogP contribution in [-0.2, 0) is 29.8 Å². The monoisotopic (exact) mass is 441 g/mol. The van der Waals surface area contributed by atoms with E-state index in [4.69, 9.17) is 11.6 Å². The van der Waals surface area contributed by atoms with Gasteiger partial charge in [0.2, 0.25) is 0 Å². The maximum absolute atomic E-state index is 12.2. The summed E-state index contributed by atoms with van der Waals surface area (Å²) in [5.74, 6) is -1.32. The molecule has 31 heavy (non-hydrogen) atoms. The van der Waals surface area contributed by atoms with Crippen molar-refractivity contribution < 1.29 is 15.0 Å². The Morgan fingerprint density at radius 2 is 1.94 bits per heavy atom. The molecule has 0 amide bonds. The van der Waals surface area contributed by atoms with Crippen molar-refractivity contribution in [2.24, 2.45) is 5.92 Å². The lowest BCUT2D eigenvalue weighted by Gasteiger charge is -2.31. The first-order valence-corrected chi connectivity index (χ1v) is 10.8. The SMILES string of the molecule is CCCCc1ncc(C(C)(O)C(Cc2ccncc2)C(=O)O)n1Cc1ccccc1Cl. The number of aromatic nitrogens is 3. The number of rotatable bonds is 10. The summed E-state index contributed by atoms with van der Waals surface area (Å²) in [7, 11) is 0. The first kappa shape index (κ1) is 23.0. The number of nitrogens with zero attached hydrogens (tertiary/aromatic N) is 3. The van der Waals surface area contributed by atoms with Gasteiger partial charge in [0.1, 0.15) is 11.4 Å². The van der Waals surface area contributed by atoms with Crippen molar-refractivity contribution in [3.05, 3.63) is 82.7 Å². The Balaban J connectivity index is 2.02. The third kappa shape index (κ3) is 5.32. The lowest BCUT2D eigenvalue weighted by molar-refractivity contribution is -0.152. The molecule has 2 unspecified atom stereocenters. The molecule has 0 aliphatic carbocycles. The van der Waals surface area contributed by atoms with Gasteiger partial charge in [-0.05, 0) is 49.1 Å². The zero-order chi connectivity index (χ0) is 22.4. The summed E-state index contributed by atoms with van der Waals surface area (Å²) >= 11 is 6.39. The van der Waals surface area contributed by atoms with Crippen LogP contribution in [0.5, 0.6) is 0 Å². The molecule has 2 aromatic heterocycles. The van der Waals surface area contributed by atoms with Crippen molar-refractivity contribution in [3.8, 4) is 0 Å². The van der Waals surface area contributed by atoms with Gasteiger partial charge in [-0.25, -0.2) is 4.98 Å². The standard InChI is InChI=1S/C24H28ClN3O3/c1-3-4-9-22-27-15-21(28(22)16-18-7-5-6-8-20(18)25)24(2,31)19(23(29)30)14-17-10-12-26-13-11-17/h5-8,10-13,15,19,31H,3-4,9,14,16H2,1-2H3,(H,29,30). The molecule has 0 bridgehead atoms. The molecule has 3 rings (SSSR count). The number of aliphatic hydroxyl groups is 1. The molecule has 2 atom stereocenters. The number of carboxylic acids is 1. The lowest BCUT2D eigenvalue weighted by Crippen LogP contribution is -2.40. The van der Waals surface area contributed by atoms with E-state index in [-0.39, 0.29) is 6.42 Å². The summed E-state index contributed by atoms with van der Waals surface area (Å²) in [6, 6.07) is 11.0. The number of hydrogen-bond donors (Lipinski definition) is 2. The number of benzene rings is 1. The fourth-order valence-corrected chi connectivity index (χ4v) is 3.98. The van der Waals surface area contributed by atoms with Crippen molar-refractivity contribution in [3.63, 3.8) is 0 Å². The third-order valence-electron chi connectivity index (χ3n) is 5.66. The second kappa shape index (κ2) is 10.1. The Labute approximate surface area is 187 Å². The van der Waals surface area contributed by atoms with Gasteiger partial charge in [-0.3, -0.25) is 9.78 Å². The molecular weight excluding hydrogens is 414 g/mol. The molecule has 0 aliphatic rings. The molecule has 0 fully saturated rings. The van der Waals surface area contributed by atoms with Gasteiger partial charge in [0.05, 0.1) is 24.4 Å². The van der Waals surface area contributed by atoms with Crippen LogP contribution < -0.4 is 0 Å². The second-order valence-corrected chi connectivity index (χ2v) is 8.35. The number of hydrogen-bond acceptors (Lipinski definition) is 4. The molecule has 164 valence electrons. The van der Waals surface area contributed by atoms with E-state index in [9.17, 15) is 15.0 Å². The number of imidazole rings is 1. The molecule has 0 radical (unpaired) electrons. The number of aliphatic carboxylic acids is 1. The van der Waals surface area contributed by atoms with E-state index >= 15 is 0 Å². The minimum Gasteiger partial charge on any atom is -0.481 e. The minimum absolute atomic E-state index is 0.173. The molecule has 3 aromatic rings. The fourth-order valence-electron chi connectivity index (χ4n) is 3.79. The summed E-state index contributed by atoms with van der Waals surface area (Å²) in [6.45, 7) is 4.07. The van der Waals surface area contributed by atoms with Gasteiger partial charge in [0, 0.05) is 23.8 Å². The predicted octanol–water partition coefficient (Wildman–Crippen LogP) is 4.47. The van der Waals surface area contributed by atoms with E-state index in [2.05, 4.69) is 16.9 Å². The van der Waals surface area contributed by atoms with E-state index in [1.54, 1.807) is 37.6 Å². The van der Waals surface area contributed by atoms with Crippen LogP contribution in [0.4, 0.5) is 0 Å². The van der Waals surface area contributed by atoms with E-state index in [0.717, 1.165) is 36.2 Å². The summed E-state index contributed by atoms with van der Waals surface area (Å²) in [6.07, 6.45) is 7.70. The van der Waals surface area contributed by atoms with Crippen molar-refractivity contribution >= 4 is 17.6 Å². The molecule has 0 aliphatic heterocycles. The Kier molecular flexibility index (Phi) is 7.46. The van der Waals surface area contributed by atoms with Gasteiger partial charge in [0.15, 0.2) is 0 Å². The molecular formula is C24H28ClN3O3. The number of pyridine rings is 1. The van der Waals surface area contributed by atoms with Crippen molar-refractivity contribution in [1.82, 2.24) is 14.5 Å². The highest BCUT2D eigenvalue weighted by molar-refractivity contribution is 6.31. The van der Waals surface area contributed by atoms with Gasteiger partial charge in [0.25, 0.3) is 0 Å². The summed E-state index contributed by atoms with van der Waals surface area (Å²) in [5, 5.41) is 22.2. The van der Waals surface area contributed by atoms with Crippen LogP contribution in [0.25, 0.3) is 0 Å². The molecule has 0 spiro atoms. The van der Waals surface area contributed by atoms with Gasteiger partial charge in [-0.1, -0.05) is 43.1 Å². The first-order chi connectivity index (χ1) is 14.8. The molecule has 7 heteroatoms. The number of carbonyl (C=O) groups is 1. The highest BCUT2D eigenvalue weighted by Gasteiger charge is 2.42. The van der Waals surface area contributed by atoms with Crippen LogP contribution in [0.1, 0.15) is 49.3 Å². The third-order valence-corrected chi connectivity index (χ3v) is 6.03. The van der Waals surface area contributed by atoms with Crippen LogP contribution in [0.3, 0.4) is 0 Å². The number of carboxylic acid groups (broad SMARTS) is 1. The molecule has 2 N–H and O–H groups in total. The Hall–Kier alpha value is -2.70. The highest BCUT2D eigenvalue weighted by atomic mass is 35.5. The topological polar surface area (TPSA) is 88.2 Å². The van der Waals surface area contributed by atoms with E-state index in [0.29, 0.717) is 17.3 Å². The van der Waals surface area contributed by atoms with Crippen LogP contribution in [0.15, 0.2) is 55.0 Å². The Morgan fingerprint density at radius 3 is 2.58 bits per heavy atom. The van der Waals surface area contributed by atoms with Crippen molar-refractivity contribution in [1.29, 1.82) is 0 Å². The molecule has 0 saturated heterocycles. The number of halogens is 1. The van der Waals surface area contributed by atoms with E-state index in [1.165, 1.54) is 0 Å². The average Bonchev–Trinajstić information content (AvgIpc) is 3.16. The maximum atomic E-state index is 12.2. The fraction of sp³-hybridized carbons (Fsp3) is 0.375. The Bertz CT molecular complexity index is 1020. The van der Waals surface area contributed by atoms with Crippen LogP contribution >= 0.6 is 11.6 Å². The van der Waals surface area contributed by atoms with Gasteiger partial charge in [-0.15, -0.1) is 0 Å².